The minimum Gasteiger partial charge on any atom is -0.453 e. The lowest BCUT2D eigenvalue weighted by Crippen LogP contribution is -2.37. The maximum absolute atomic E-state index is 12.9. The summed E-state index contributed by atoms with van der Waals surface area (Å²) in [5.74, 6) is -0.854. The van der Waals surface area contributed by atoms with Crippen LogP contribution >= 0.6 is 7.82 Å². The monoisotopic (exact) mass is 478 g/mol. The molecule has 2 bridgehead atoms. The van der Waals surface area contributed by atoms with E-state index in [-0.39, 0.29) is 29.3 Å². The average molecular weight is 478 g/mol. The molecule has 2 aromatic heterocycles. The highest BCUT2D eigenvalue weighted by atomic mass is 31.2. The number of imidazole rings is 1. The van der Waals surface area contributed by atoms with E-state index in [9.17, 15) is 19.0 Å². The Balaban J connectivity index is 1.53. The van der Waals surface area contributed by atoms with Gasteiger partial charge >= 0.3 is 13.8 Å². The van der Waals surface area contributed by atoms with E-state index in [0.717, 1.165) is 0 Å². The summed E-state index contributed by atoms with van der Waals surface area (Å²) in [7, 11) is -2.83. The Bertz CT molecular complexity index is 1340. The third kappa shape index (κ3) is 3.77. The molecule has 2 fully saturated rings. The number of nitrogens with one attached hydrogen (secondary N) is 2. The van der Waals surface area contributed by atoms with Crippen LogP contribution in [0.1, 0.15) is 16.6 Å². The second-order valence-electron chi connectivity index (χ2n) is 7.34. The van der Waals surface area contributed by atoms with Gasteiger partial charge in [0.15, 0.2) is 29.6 Å². The molecule has 33 heavy (non-hydrogen) atoms. The Labute approximate surface area is 185 Å². The summed E-state index contributed by atoms with van der Waals surface area (Å²) in [5, 5.41) is 2.90. The highest BCUT2D eigenvalue weighted by Crippen LogP contribution is 2.53. The maximum Gasteiger partial charge on any atom is 0.472 e. The van der Waals surface area contributed by atoms with Crippen LogP contribution in [0.3, 0.4) is 0 Å². The fraction of sp³-hybridized carbons (Fsp3) is 0.333. The van der Waals surface area contributed by atoms with Crippen molar-refractivity contribution in [3.63, 3.8) is 0 Å². The van der Waals surface area contributed by atoms with Gasteiger partial charge in [-0.2, -0.15) is 4.98 Å². The Hall–Kier alpha value is -3.29. The third-order valence-electron chi connectivity index (χ3n) is 5.33. The van der Waals surface area contributed by atoms with Crippen molar-refractivity contribution in [1.29, 1.82) is 0 Å². The van der Waals surface area contributed by atoms with Crippen molar-refractivity contribution in [2.24, 2.45) is 0 Å². The van der Waals surface area contributed by atoms with Gasteiger partial charge in [0, 0.05) is 12.7 Å². The number of nitrogen functional groups attached to an aromatic ring is 1. The molecule has 5 atom stereocenters. The SMILES string of the molecule is CNc1ccccc1C(=O)O[C@H]1[C@H]2OP(=O)(O)OC[C@H]1O[C@H]2n1cnc2c(=O)[nH]c(N)nc21. The van der Waals surface area contributed by atoms with Gasteiger partial charge in [-0.25, -0.2) is 14.3 Å². The number of para-hydroxylation sites is 1. The smallest absolute Gasteiger partial charge is 0.453 e. The van der Waals surface area contributed by atoms with Crippen molar-refractivity contribution in [3.8, 4) is 0 Å². The number of H-pyrrole nitrogens is 1. The lowest BCUT2D eigenvalue weighted by molar-refractivity contribution is -0.0678. The Morgan fingerprint density at radius 1 is 1.42 bits per heavy atom. The van der Waals surface area contributed by atoms with Crippen LogP contribution in [0.4, 0.5) is 11.6 Å². The largest absolute Gasteiger partial charge is 0.472 e. The van der Waals surface area contributed by atoms with Crippen LogP contribution in [0.5, 0.6) is 0 Å². The van der Waals surface area contributed by atoms with E-state index in [1.807, 2.05) is 0 Å². The van der Waals surface area contributed by atoms with Crippen LogP contribution in [0.15, 0.2) is 35.4 Å². The predicted molar refractivity (Wildman–Crippen MR) is 112 cm³/mol. The predicted octanol–water partition coefficient (Wildman–Crippen LogP) is 0.382. The Morgan fingerprint density at radius 2 is 2.21 bits per heavy atom. The molecule has 0 aliphatic carbocycles. The number of carbonyl (C=O) groups is 1. The van der Waals surface area contributed by atoms with Crippen LogP contribution in [-0.4, -0.2) is 62.3 Å². The number of aromatic nitrogens is 4. The van der Waals surface area contributed by atoms with Gasteiger partial charge in [-0.05, 0) is 12.1 Å². The molecular weight excluding hydrogens is 459 g/mol. The molecule has 0 radical (unpaired) electrons. The number of phosphoric ester groups is 1. The number of nitrogens with zero attached hydrogens (tertiary/aromatic N) is 3. The van der Waals surface area contributed by atoms with Crippen LogP contribution in [0, 0.1) is 0 Å². The number of hydrogen-bond acceptors (Lipinski definition) is 11. The van der Waals surface area contributed by atoms with Gasteiger partial charge in [0.1, 0.15) is 6.10 Å². The number of fused-ring (bicyclic) bond motifs is 3. The van der Waals surface area contributed by atoms with E-state index in [1.165, 1.54) is 10.9 Å². The van der Waals surface area contributed by atoms with Gasteiger partial charge in [0.25, 0.3) is 5.56 Å². The van der Waals surface area contributed by atoms with Crippen molar-refractivity contribution in [1.82, 2.24) is 19.5 Å². The number of esters is 1. The van der Waals surface area contributed by atoms with Gasteiger partial charge < -0.3 is 25.4 Å². The van der Waals surface area contributed by atoms with E-state index in [1.54, 1.807) is 31.3 Å². The van der Waals surface area contributed by atoms with E-state index in [4.69, 9.17) is 24.3 Å². The lowest BCUT2D eigenvalue weighted by Gasteiger charge is -2.24. The molecule has 1 aromatic carbocycles. The minimum atomic E-state index is -4.49. The lowest BCUT2D eigenvalue weighted by atomic mass is 10.1. The number of carbonyl (C=O) groups excluding carboxylic acids is 1. The van der Waals surface area contributed by atoms with Gasteiger partial charge in [-0.3, -0.25) is 23.4 Å². The number of aromatic amines is 1. The van der Waals surface area contributed by atoms with Crippen LogP contribution < -0.4 is 16.6 Å². The van der Waals surface area contributed by atoms with Gasteiger partial charge in [-0.1, -0.05) is 12.1 Å². The fourth-order valence-electron chi connectivity index (χ4n) is 3.87. The number of nitrogens with two attached hydrogens (primary N) is 1. The molecule has 2 aliphatic heterocycles. The molecule has 0 saturated carbocycles. The molecule has 2 aliphatic rings. The van der Waals surface area contributed by atoms with Crippen LogP contribution in [0.25, 0.3) is 11.2 Å². The van der Waals surface area contributed by atoms with E-state index >= 15 is 0 Å². The molecule has 14 nitrogen and oxygen atoms in total. The molecule has 3 aromatic rings. The molecule has 5 N–H and O–H groups in total. The number of hydrogen-bond donors (Lipinski definition) is 4. The second-order valence-corrected chi connectivity index (χ2v) is 8.75. The summed E-state index contributed by atoms with van der Waals surface area (Å²) in [5.41, 5.74) is 5.91. The fourth-order valence-corrected chi connectivity index (χ4v) is 4.80. The number of rotatable bonds is 4. The van der Waals surface area contributed by atoms with Gasteiger partial charge in [0.2, 0.25) is 5.95 Å². The molecule has 5 rings (SSSR count). The third-order valence-corrected chi connectivity index (χ3v) is 6.31. The molecule has 1 unspecified atom stereocenters. The summed E-state index contributed by atoms with van der Waals surface area (Å²) in [6, 6.07) is 6.69. The Morgan fingerprint density at radius 3 is 3.00 bits per heavy atom. The van der Waals surface area contributed by atoms with Crippen molar-refractivity contribution in [3.05, 3.63) is 46.5 Å². The molecule has 0 amide bonds. The Kier molecular flexibility index (Phi) is 5.18. The molecule has 2 saturated heterocycles. The first kappa shape index (κ1) is 21.6. The summed E-state index contributed by atoms with van der Waals surface area (Å²) in [6.45, 7) is -0.380. The average Bonchev–Trinajstić information content (AvgIpc) is 3.29. The summed E-state index contributed by atoms with van der Waals surface area (Å²) >= 11 is 0. The van der Waals surface area contributed by atoms with Crippen LogP contribution in [-0.2, 0) is 23.1 Å². The first-order valence-corrected chi connectivity index (χ1v) is 11.3. The number of ether oxygens (including phenoxy) is 2. The summed E-state index contributed by atoms with van der Waals surface area (Å²) in [6.07, 6.45) is -3.21. The zero-order valence-corrected chi connectivity index (χ0v) is 18.0. The molecule has 4 heterocycles. The van der Waals surface area contributed by atoms with Crippen molar-refractivity contribution < 1.29 is 32.8 Å². The van der Waals surface area contributed by atoms with E-state index in [2.05, 4.69) is 20.3 Å². The van der Waals surface area contributed by atoms with Crippen molar-refractivity contribution in [2.75, 3.05) is 24.7 Å². The van der Waals surface area contributed by atoms with E-state index in [0.29, 0.717) is 5.69 Å². The van der Waals surface area contributed by atoms with E-state index < -0.39 is 43.9 Å². The first-order chi connectivity index (χ1) is 15.8. The number of phosphoric acid groups is 1. The molecular formula is C18H19N6O8P. The minimum absolute atomic E-state index is 0.0213. The van der Waals surface area contributed by atoms with Gasteiger partial charge in [-0.15, -0.1) is 0 Å². The summed E-state index contributed by atoms with van der Waals surface area (Å²) < 4.78 is 35.5. The zero-order chi connectivity index (χ0) is 23.3. The second kappa shape index (κ2) is 7.93. The maximum atomic E-state index is 12.9. The number of benzene rings is 1. The van der Waals surface area contributed by atoms with Gasteiger partial charge in [0.05, 0.1) is 18.5 Å². The molecule has 174 valence electrons. The van der Waals surface area contributed by atoms with Crippen molar-refractivity contribution in [2.45, 2.75) is 24.5 Å². The number of anilines is 2. The van der Waals surface area contributed by atoms with Crippen LogP contribution in [0.2, 0.25) is 0 Å². The van der Waals surface area contributed by atoms with Crippen molar-refractivity contribution >= 4 is 36.6 Å². The topological polar surface area (TPSA) is 193 Å². The highest BCUT2D eigenvalue weighted by Gasteiger charge is 2.55. The normalized spacial score (nSPS) is 29.0. The molecule has 15 heteroatoms. The standard InChI is InChI=1S/C18H19N6O8P/c1-20-9-5-3-2-4-8(9)17(26)31-12-10-6-29-33(27,28)32-13(12)16(30-10)24-7-21-11-14(24)22-18(19)23-15(11)25/h2-5,7,10,12-13,16,20H,6H2,1H3,(H,27,28)(H3,19,22,23,25)/t10-,12-,13-,16-/m1/s1. The molecule has 0 spiro atoms. The highest BCUT2D eigenvalue weighted by molar-refractivity contribution is 7.47. The zero-order valence-electron chi connectivity index (χ0n) is 17.1. The first-order valence-electron chi connectivity index (χ1n) is 9.78. The quantitative estimate of drug-likeness (QED) is 0.298. The summed E-state index contributed by atoms with van der Waals surface area (Å²) in [4.78, 5) is 45.5.